The quantitative estimate of drug-likeness (QED) is 0.253. The second-order valence-corrected chi connectivity index (χ2v) is 8.19. The topological polar surface area (TPSA) is 35.5 Å². The van der Waals surface area contributed by atoms with Crippen LogP contribution in [0.1, 0.15) is 69.1 Å². The van der Waals surface area contributed by atoms with Crippen LogP contribution >= 0.6 is 34.8 Å². The van der Waals surface area contributed by atoms with E-state index >= 15 is 0 Å². The first-order valence-electron chi connectivity index (χ1n) is 9.94. The summed E-state index contributed by atoms with van der Waals surface area (Å²) >= 11 is 18.9. The highest BCUT2D eigenvalue weighted by atomic mass is 35.5. The lowest BCUT2D eigenvalue weighted by Gasteiger charge is -2.21. The molecule has 6 heteroatoms. The number of benzene rings is 2. The van der Waals surface area contributed by atoms with Crippen molar-refractivity contribution in [3.05, 3.63) is 62.6 Å². The molecule has 0 aliphatic heterocycles. The maximum Gasteiger partial charge on any atom is 0.306 e. The van der Waals surface area contributed by atoms with Gasteiger partial charge >= 0.3 is 5.97 Å². The van der Waals surface area contributed by atoms with Crippen LogP contribution in [0.3, 0.4) is 0 Å². The molecule has 2 aromatic carbocycles. The molecule has 0 heterocycles. The zero-order valence-electron chi connectivity index (χ0n) is 16.8. The number of ether oxygens (including phenoxy) is 2. The molecule has 0 N–H and O–H groups in total. The molecule has 0 aliphatic carbocycles. The molecule has 0 bridgehead atoms. The molecule has 0 spiro atoms. The lowest BCUT2D eigenvalue weighted by atomic mass is 10.0. The maximum atomic E-state index is 12.5. The standard InChI is InChI=1S/C23H27Cl3O3/c1-3-4-5-6-7-8-9-22(27)29-23(18-12-10-16(24)14-20(18)25)19-13-11-17(28-2)15-21(19)26/h10-15,23H,3-9H2,1-2H3/t23-/m0/s1. The molecule has 2 rings (SSSR count). The molecular formula is C23H27Cl3O3. The Kier molecular flexibility index (Phi) is 10.1. The third kappa shape index (κ3) is 7.40. The van der Waals surface area contributed by atoms with E-state index in [1.807, 2.05) is 0 Å². The van der Waals surface area contributed by atoms with Crippen molar-refractivity contribution in [1.29, 1.82) is 0 Å². The zero-order valence-corrected chi connectivity index (χ0v) is 19.1. The molecule has 0 aliphatic rings. The summed E-state index contributed by atoms with van der Waals surface area (Å²) in [5.41, 5.74) is 1.28. The number of esters is 1. The van der Waals surface area contributed by atoms with Gasteiger partial charge in [0, 0.05) is 27.6 Å². The molecule has 158 valence electrons. The molecule has 0 saturated heterocycles. The van der Waals surface area contributed by atoms with Crippen LogP contribution in [0.2, 0.25) is 15.1 Å². The fourth-order valence-electron chi connectivity index (χ4n) is 3.10. The van der Waals surface area contributed by atoms with E-state index in [1.54, 1.807) is 43.5 Å². The first kappa shape index (κ1) is 23.9. The van der Waals surface area contributed by atoms with Crippen LogP contribution in [0.4, 0.5) is 0 Å². The van der Waals surface area contributed by atoms with Crippen molar-refractivity contribution in [2.24, 2.45) is 0 Å². The van der Waals surface area contributed by atoms with E-state index in [0.29, 0.717) is 38.4 Å². The first-order chi connectivity index (χ1) is 14.0. The van der Waals surface area contributed by atoms with Gasteiger partial charge in [-0.2, -0.15) is 0 Å². The largest absolute Gasteiger partial charge is 0.497 e. The number of carbonyl (C=O) groups is 1. The fraction of sp³-hybridized carbons (Fsp3) is 0.435. The Labute approximate surface area is 188 Å². The molecule has 1 atom stereocenters. The van der Waals surface area contributed by atoms with E-state index in [9.17, 15) is 4.79 Å². The SMILES string of the molecule is CCCCCCCCC(=O)O[C@@H](c1ccc(Cl)cc1Cl)c1ccc(OC)cc1Cl. The van der Waals surface area contributed by atoms with Crippen LogP contribution in [0, 0.1) is 0 Å². The fourth-order valence-corrected chi connectivity index (χ4v) is 3.87. The third-order valence-electron chi connectivity index (χ3n) is 4.72. The summed E-state index contributed by atoms with van der Waals surface area (Å²) in [6.07, 6.45) is 6.25. The van der Waals surface area contributed by atoms with Crippen LogP contribution in [-0.2, 0) is 9.53 Å². The number of carbonyl (C=O) groups excluding carboxylic acids is 1. The Morgan fingerprint density at radius 3 is 2.14 bits per heavy atom. The first-order valence-corrected chi connectivity index (χ1v) is 11.1. The van der Waals surface area contributed by atoms with Crippen LogP contribution < -0.4 is 4.74 Å². The lowest BCUT2D eigenvalue weighted by Crippen LogP contribution is -2.13. The Balaban J connectivity index is 2.16. The summed E-state index contributed by atoms with van der Waals surface area (Å²) in [4.78, 5) is 12.5. The minimum Gasteiger partial charge on any atom is -0.497 e. The highest BCUT2D eigenvalue weighted by Gasteiger charge is 2.24. The van der Waals surface area contributed by atoms with Gasteiger partial charge in [-0.1, -0.05) is 79.9 Å². The number of methoxy groups -OCH3 is 1. The molecule has 0 saturated carbocycles. The summed E-state index contributed by atoms with van der Waals surface area (Å²) in [5.74, 6) is 0.349. The minimum atomic E-state index is -0.717. The second-order valence-electron chi connectivity index (χ2n) is 6.94. The molecule has 0 fully saturated rings. The Morgan fingerprint density at radius 1 is 0.897 bits per heavy atom. The van der Waals surface area contributed by atoms with E-state index in [4.69, 9.17) is 44.3 Å². The highest BCUT2D eigenvalue weighted by Crippen LogP contribution is 2.38. The van der Waals surface area contributed by atoms with Gasteiger partial charge in [0.1, 0.15) is 5.75 Å². The normalized spacial score (nSPS) is 11.9. The van der Waals surface area contributed by atoms with Crippen molar-refractivity contribution in [3.63, 3.8) is 0 Å². The summed E-state index contributed by atoms with van der Waals surface area (Å²) in [5, 5.41) is 1.37. The van der Waals surface area contributed by atoms with Crippen LogP contribution in [0.25, 0.3) is 0 Å². The van der Waals surface area contributed by atoms with Crippen molar-refractivity contribution in [3.8, 4) is 5.75 Å². The Bertz CT molecular complexity index is 808. The predicted octanol–water partition coefficient (Wildman–Crippen LogP) is 8.04. The van der Waals surface area contributed by atoms with Gasteiger partial charge in [-0.05, 0) is 36.8 Å². The Hall–Kier alpha value is -1.42. The number of halogens is 3. The zero-order chi connectivity index (χ0) is 21.2. The highest BCUT2D eigenvalue weighted by molar-refractivity contribution is 6.35. The van der Waals surface area contributed by atoms with Gasteiger partial charge in [-0.15, -0.1) is 0 Å². The van der Waals surface area contributed by atoms with Crippen molar-refractivity contribution in [1.82, 2.24) is 0 Å². The predicted molar refractivity (Wildman–Crippen MR) is 120 cm³/mol. The van der Waals surface area contributed by atoms with Gasteiger partial charge in [0.2, 0.25) is 0 Å². The lowest BCUT2D eigenvalue weighted by molar-refractivity contribution is -0.147. The van der Waals surface area contributed by atoms with Crippen LogP contribution in [0.15, 0.2) is 36.4 Å². The number of unbranched alkanes of at least 4 members (excludes halogenated alkanes) is 5. The molecule has 0 amide bonds. The monoisotopic (exact) mass is 456 g/mol. The molecular weight excluding hydrogens is 431 g/mol. The van der Waals surface area contributed by atoms with Crippen molar-refractivity contribution >= 4 is 40.8 Å². The van der Waals surface area contributed by atoms with E-state index in [2.05, 4.69) is 6.92 Å². The summed E-state index contributed by atoms with van der Waals surface area (Å²) < 4.78 is 11.0. The molecule has 0 radical (unpaired) electrons. The van der Waals surface area contributed by atoms with Gasteiger partial charge < -0.3 is 9.47 Å². The third-order valence-corrected chi connectivity index (χ3v) is 5.61. The van der Waals surface area contributed by atoms with Gasteiger partial charge in [0.25, 0.3) is 0 Å². The van der Waals surface area contributed by atoms with Gasteiger partial charge in [0.05, 0.1) is 12.1 Å². The van der Waals surface area contributed by atoms with Gasteiger partial charge in [-0.3, -0.25) is 4.79 Å². The average molecular weight is 458 g/mol. The van der Waals surface area contributed by atoms with Crippen LogP contribution in [-0.4, -0.2) is 13.1 Å². The van der Waals surface area contributed by atoms with E-state index in [-0.39, 0.29) is 5.97 Å². The molecule has 0 unspecified atom stereocenters. The molecule has 29 heavy (non-hydrogen) atoms. The van der Waals surface area contributed by atoms with Gasteiger partial charge in [-0.25, -0.2) is 0 Å². The maximum absolute atomic E-state index is 12.5. The minimum absolute atomic E-state index is 0.275. The summed E-state index contributed by atoms with van der Waals surface area (Å²) in [6.45, 7) is 2.18. The van der Waals surface area contributed by atoms with E-state index in [0.717, 1.165) is 19.3 Å². The Morgan fingerprint density at radius 2 is 1.52 bits per heavy atom. The van der Waals surface area contributed by atoms with E-state index in [1.165, 1.54) is 19.3 Å². The number of rotatable bonds is 11. The van der Waals surface area contributed by atoms with E-state index < -0.39 is 6.10 Å². The second kappa shape index (κ2) is 12.3. The summed E-state index contributed by atoms with van der Waals surface area (Å²) in [7, 11) is 1.57. The van der Waals surface area contributed by atoms with Crippen molar-refractivity contribution < 1.29 is 14.3 Å². The van der Waals surface area contributed by atoms with Crippen molar-refractivity contribution in [2.45, 2.75) is 58.0 Å². The van der Waals surface area contributed by atoms with Gasteiger partial charge in [0.15, 0.2) is 6.10 Å². The molecule has 0 aromatic heterocycles. The molecule has 2 aromatic rings. The van der Waals surface area contributed by atoms with Crippen LogP contribution in [0.5, 0.6) is 5.75 Å². The average Bonchev–Trinajstić information content (AvgIpc) is 2.69. The molecule has 3 nitrogen and oxygen atoms in total. The summed E-state index contributed by atoms with van der Waals surface area (Å²) in [6, 6.07) is 10.4. The van der Waals surface area contributed by atoms with Crippen molar-refractivity contribution in [2.75, 3.05) is 7.11 Å². The number of hydrogen-bond acceptors (Lipinski definition) is 3. The smallest absolute Gasteiger partial charge is 0.306 e. The number of hydrogen-bond donors (Lipinski definition) is 0.